The van der Waals surface area contributed by atoms with Crippen molar-refractivity contribution >= 4 is 29.0 Å². The van der Waals surface area contributed by atoms with E-state index in [9.17, 15) is 14.4 Å². The number of ether oxygens (including phenoxy) is 1. The molecule has 0 radical (unpaired) electrons. The van der Waals surface area contributed by atoms with E-state index < -0.39 is 5.97 Å². The Morgan fingerprint density at radius 2 is 2.11 bits per heavy atom. The highest BCUT2D eigenvalue weighted by molar-refractivity contribution is 6.18. The summed E-state index contributed by atoms with van der Waals surface area (Å²) in [5.74, 6) is -1.15. The summed E-state index contributed by atoms with van der Waals surface area (Å²) in [5, 5.41) is 0. The van der Waals surface area contributed by atoms with Crippen molar-refractivity contribution in [1.29, 1.82) is 0 Å². The minimum Gasteiger partial charge on any atom is -0.465 e. The van der Waals surface area contributed by atoms with Gasteiger partial charge in [-0.15, -0.1) is 0 Å². The number of benzene rings is 1. The second-order valence-corrected chi connectivity index (χ2v) is 3.93. The lowest BCUT2D eigenvalue weighted by atomic mass is 10.1. The number of nitrogens with zero attached hydrogens (tertiary/aromatic N) is 1. The molecule has 1 aromatic carbocycles. The maximum Gasteiger partial charge on any atom is 0.340 e. The Bertz CT molecular complexity index is 539. The minimum absolute atomic E-state index is 0.0585. The Labute approximate surface area is 103 Å². The van der Waals surface area contributed by atoms with Crippen LogP contribution in [0.1, 0.15) is 16.8 Å². The largest absolute Gasteiger partial charge is 0.465 e. The molecule has 1 aromatic rings. The van der Waals surface area contributed by atoms with E-state index in [1.165, 1.54) is 18.1 Å². The van der Waals surface area contributed by atoms with Crippen LogP contribution in [-0.4, -0.2) is 31.3 Å². The molecule has 0 aromatic heterocycles. The van der Waals surface area contributed by atoms with Crippen LogP contribution in [0.5, 0.6) is 0 Å². The summed E-state index contributed by atoms with van der Waals surface area (Å²) in [7, 11) is 1.24. The number of esters is 1. The molecule has 1 fully saturated rings. The van der Waals surface area contributed by atoms with E-state index in [0.29, 0.717) is 0 Å². The second kappa shape index (κ2) is 4.48. The lowest BCUT2D eigenvalue weighted by Crippen LogP contribution is -2.27. The van der Waals surface area contributed by atoms with Gasteiger partial charge in [0.2, 0.25) is 5.91 Å². The predicted octanol–water partition coefficient (Wildman–Crippen LogP) is 0.361. The highest BCUT2D eigenvalue weighted by Gasteiger charge is 2.32. The lowest BCUT2D eigenvalue weighted by molar-refractivity contribution is -0.121. The van der Waals surface area contributed by atoms with E-state index >= 15 is 0 Å². The smallest absolute Gasteiger partial charge is 0.340 e. The number of carbonyl (C=O) groups is 3. The lowest BCUT2D eigenvalue weighted by Gasteiger charge is -2.19. The fraction of sp³-hybridized carbons (Fsp3) is 0.250. The number of methoxy groups -OCH3 is 1. The van der Waals surface area contributed by atoms with Crippen LogP contribution in [0.4, 0.5) is 11.4 Å². The fourth-order valence-electron chi connectivity index (χ4n) is 1.93. The van der Waals surface area contributed by atoms with Crippen LogP contribution in [-0.2, 0) is 14.3 Å². The molecule has 2 rings (SSSR count). The van der Waals surface area contributed by atoms with Crippen molar-refractivity contribution in [3.63, 3.8) is 0 Å². The maximum absolute atomic E-state index is 11.7. The first-order chi connectivity index (χ1) is 8.54. The van der Waals surface area contributed by atoms with Gasteiger partial charge in [0.05, 0.1) is 37.0 Å². The first kappa shape index (κ1) is 12.1. The average Bonchev–Trinajstić information content (AvgIpc) is 2.67. The molecule has 0 atom stereocenters. The SMILES string of the molecule is COC(=O)c1cccc(N)c1N1CC(=O)CC1=O. The van der Waals surface area contributed by atoms with Crippen LogP contribution in [0.15, 0.2) is 18.2 Å². The summed E-state index contributed by atoms with van der Waals surface area (Å²) in [6.45, 7) is -0.0585. The zero-order valence-corrected chi connectivity index (χ0v) is 9.80. The third kappa shape index (κ3) is 1.92. The molecule has 94 valence electrons. The number of nitrogens with two attached hydrogens (primary N) is 1. The number of ketones is 1. The first-order valence-corrected chi connectivity index (χ1v) is 5.33. The zero-order chi connectivity index (χ0) is 13.3. The average molecular weight is 248 g/mol. The number of carbonyl (C=O) groups excluding carboxylic acids is 3. The van der Waals surface area contributed by atoms with Crippen LogP contribution in [0, 0.1) is 0 Å². The second-order valence-electron chi connectivity index (χ2n) is 3.93. The van der Waals surface area contributed by atoms with Gasteiger partial charge in [-0.05, 0) is 12.1 Å². The Balaban J connectivity index is 2.52. The van der Waals surface area contributed by atoms with E-state index in [2.05, 4.69) is 4.74 Å². The van der Waals surface area contributed by atoms with Crippen LogP contribution >= 0.6 is 0 Å². The summed E-state index contributed by atoms with van der Waals surface area (Å²) in [6, 6.07) is 4.67. The van der Waals surface area contributed by atoms with E-state index in [4.69, 9.17) is 5.73 Å². The van der Waals surface area contributed by atoms with Gasteiger partial charge < -0.3 is 15.4 Å². The third-order valence-electron chi connectivity index (χ3n) is 2.73. The van der Waals surface area contributed by atoms with Crippen molar-refractivity contribution in [2.75, 3.05) is 24.3 Å². The van der Waals surface area contributed by atoms with Gasteiger partial charge in [0.25, 0.3) is 0 Å². The van der Waals surface area contributed by atoms with Crippen molar-refractivity contribution < 1.29 is 19.1 Å². The molecule has 1 heterocycles. The molecule has 0 unspecified atom stereocenters. The van der Waals surface area contributed by atoms with Gasteiger partial charge in [-0.25, -0.2) is 4.79 Å². The standard InChI is InChI=1S/C12H12N2O4/c1-18-12(17)8-3-2-4-9(13)11(8)14-6-7(15)5-10(14)16/h2-4H,5-6,13H2,1H3. The number of amides is 1. The van der Waals surface area contributed by atoms with Crippen molar-refractivity contribution in [1.82, 2.24) is 0 Å². The molecular formula is C12H12N2O4. The number of anilines is 2. The molecule has 0 spiro atoms. The van der Waals surface area contributed by atoms with Crippen LogP contribution < -0.4 is 10.6 Å². The topological polar surface area (TPSA) is 89.7 Å². The summed E-state index contributed by atoms with van der Waals surface area (Å²) in [4.78, 5) is 35.8. The van der Waals surface area contributed by atoms with Crippen molar-refractivity contribution in [3.8, 4) is 0 Å². The van der Waals surface area contributed by atoms with E-state index in [0.717, 1.165) is 0 Å². The van der Waals surface area contributed by atoms with E-state index in [1.807, 2.05) is 0 Å². The Morgan fingerprint density at radius 3 is 2.67 bits per heavy atom. The zero-order valence-electron chi connectivity index (χ0n) is 9.80. The fourth-order valence-corrected chi connectivity index (χ4v) is 1.93. The van der Waals surface area contributed by atoms with Crippen LogP contribution in [0.2, 0.25) is 0 Å². The summed E-state index contributed by atoms with van der Waals surface area (Å²) < 4.78 is 4.64. The summed E-state index contributed by atoms with van der Waals surface area (Å²) >= 11 is 0. The number of Topliss-reactive ketones (excluding diaryl/α,β-unsaturated/α-hetero) is 1. The van der Waals surface area contributed by atoms with Crippen molar-refractivity contribution in [2.45, 2.75) is 6.42 Å². The van der Waals surface area contributed by atoms with Gasteiger partial charge in [0.15, 0.2) is 5.78 Å². The number of rotatable bonds is 2. The summed E-state index contributed by atoms with van der Waals surface area (Å²) in [6.07, 6.45) is -0.158. The first-order valence-electron chi connectivity index (χ1n) is 5.33. The monoisotopic (exact) mass is 248 g/mol. The highest BCUT2D eigenvalue weighted by atomic mass is 16.5. The molecule has 0 saturated carbocycles. The Hall–Kier alpha value is -2.37. The van der Waals surface area contributed by atoms with Gasteiger partial charge in [0.1, 0.15) is 0 Å². The maximum atomic E-state index is 11.7. The van der Waals surface area contributed by atoms with Crippen molar-refractivity contribution in [3.05, 3.63) is 23.8 Å². The molecule has 1 aliphatic rings. The molecule has 2 N–H and O–H groups in total. The minimum atomic E-state index is -0.593. The molecular weight excluding hydrogens is 236 g/mol. The third-order valence-corrected chi connectivity index (χ3v) is 2.73. The van der Waals surface area contributed by atoms with Gasteiger partial charge in [-0.1, -0.05) is 6.07 Å². The predicted molar refractivity (Wildman–Crippen MR) is 64.2 cm³/mol. The van der Waals surface area contributed by atoms with E-state index in [-0.39, 0.29) is 41.6 Å². The summed E-state index contributed by atoms with van der Waals surface area (Å²) in [5.41, 5.74) is 6.48. The molecule has 18 heavy (non-hydrogen) atoms. The number of hydrogen-bond donors (Lipinski definition) is 1. The molecule has 1 aliphatic heterocycles. The normalized spacial score (nSPS) is 15.1. The molecule has 1 amide bonds. The number of hydrogen-bond acceptors (Lipinski definition) is 5. The Kier molecular flexibility index (Phi) is 3.01. The molecule has 6 heteroatoms. The molecule has 1 saturated heterocycles. The number of para-hydroxylation sites is 1. The molecule has 0 aliphatic carbocycles. The van der Waals surface area contributed by atoms with Gasteiger partial charge in [-0.3, -0.25) is 9.59 Å². The van der Waals surface area contributed by atoms with Gasteiger partial charge in [-0.2, -0.15) is 0 Å². The Morgan fingerprint density at radius 1 is 1.39 bits per heavy atom. The van der Waals surface area contributed by atoms with Gasteiger partial charge in [0, 0.05) is 0 Å². The van der Waals surface area contributed by atoms with Crippen molar-refractivity contribution in [2.24, 2.45) is 0 Å². The van der Waals surface area contributed by atoms with Crippen LogP contribution in [0.3, 0.4) is 0 Å². The highest BCUT2D eigenvalue weighted by Crippen LogP contribution is 2.31. The molecule has 0 bridgehead atoms. The van der Waals surface area contributed by atoms with Gasteiger partial charge >= 0.3 is 5.97 Å². The molecule has 6 nitrogen and oxygen atoms in total. The quantitative estimate of drug-likeness (QED) is 0.463. The van der Waals surface area contributed by atoms with Crippen LogP contribution in [0.25, 0.3) is 0 Å². The number of nitrogen functional groups attached to an aromatic ring is 1. The van der Waals surface area contributed by atoms with E-state index in [1.54, 1.807) is 12.1 Å².